The highest BCUT2D eigenvalue weighted by Gasteiger charge is 2.25. The summed E-state index contributed by atoms with van der Waals surface area (Å²) in [5.41, 5.74) is -1.02. The van der Waals surface area contributed by atoms with Gasteiger partial charge in [0, 0.05) is 6.54 Å². The van der Waals surface area contributed by atoms with Crippen LogP contribution in [0.5, 0.6) is 0 Å². The predicted molar refractivity (Wildman–Crippen MR) is 49.5 cm³/mol. The topological polar surface area (TPSA) is 12.0 Å². The Morgan fingerprint density at radius 3 is 1.75 bits per heavy atom. The molecular weight excluding hydrogens is 229 g/mol. The fourth-order valence-corrected chi connectivity index (χ4v) is 1.06. The summed E-state index contributed by atoms with van der Waals surface area (Å²) in [5.74, 6) is -9.80. The van der Waals surface area contributed by atoms with Crippen LogP contribution in [0.25, 0.3) is 0 Å². The number of hydrogen-bond acceptors (Lipinski definition) is 1. The van der Waals surface area contributed by atoms with Gasteiger partial charge in [0.05, 0.1) is 0 Å². The standard InChI is InChI=1S/C10H8F5N/c1-2-3-4-16-10-8(14)6(12)5(11)7(13)9(10)15/h2,16H,1,3-4H2. The lowest BCUT2D eigenvalue weighted by Gasteiger charge is -2.09. The molecule has 0 amide bonds. The van der Waals surface area contributed by atoms with Crippen molar-refractivity contribution in [1.29, 1.82) is 0 Å². The van der Waals surface area contributed by atoms with E-state index in [1.54, 1.807) is 0 Å². The van der Waals surface area contributed by atoms with Gasteiger partial charge in [0.1, 0.15) is 5.69 Å². The van der Waals surface area contributed by atoms with Crippen LogP contribution in [0.2, 0.25) is 0 Å². The monoisotopic (exact) mass is 237 g/mol. The van der Waals surface area contributed by atoms with Crippen molar-refractivity contribution in [2.45, 2.75) is 6.42 Å². The summed E-state index contributed by atoms with van der Waals surface area (Å²) in [4.78, 5) is 0. The first-order valence-electron chi connectivity index (χ1n) is 4.36. The van der Waals surface area contributed by atoms with Gasteiger partial charge in [0.15, 0.2) is 23.3 Å². The highest BCUT2D eigenvalue weighted by molar-refractivity contribution is 5.47. The van der Waals surface area contributed by atoms with Crippen LogP contribution >= 0.6 is 0 Å². The molecule has 0 heterocycles. The van der Waals surface area contributed by atoms with Gasteiger partial charge in [0.2, 0.25) is 5.82 Å². The minimum Gasteiger partial charge on any atom is -0.380 e. The van der Waals surface area contributed by atoms with Gasteiger partial charge in [-0.05, 0) is 6.42 Å². The zero-order chi connectivity index (χ0) is 12.3. The van der Waals surface area contributed by atoms with Crippen LogP contribution in [0.1, 0.15) is 6.42 Å². The first kappa shape index (κ1) is 12.5. The summed E-state index contributed by atoms with van der Waals surface area (Å²) in [6, 6.07) is 0. The molecule has 0 saturated heterocycles. The molecular formula is C10H8F5N. The maximum Gasteiger partial charge on any atom is 0.200 e. The summed E-state index contributed by atoms with van der Waals surface area (Å²) >= 11 is 0. The van der Waals surface area contributed by atoms with Gasteiger partial charge < -0.3 is 5.32 Å². The Bertz CT molecular complexity index is 387. The fraction of sp³-hybridized carbons (Fsp3) is 0.200. The van der Waals surface area contributed by atoms with Crippen molar-refractivity contribution in [3.05, 3.63) is 41.7 Å². The fourth-order valence-electron chi connectivity index (χ4n) is 1.06. The molecule has 1 N–H and O–H groups in total. The molecule has 0 atom stereocenters. The molecule has 0 bridgehead atoms. The van der Waals surface area contributed by atoms with Crippen LogP contribution in [-0.2, 0) is 0 Å². The molecule has 1 rings (SSSR count). The minimum atomic E-state index is -2.16. The lowest BCUT2D eigenvalue weighted by Crippen LogP contribution is -2.10. The smallest absolute Gasteiger partial charge is 0.200 e. The first-order chi connectivity index (χ1) is 7.50. The maximum absolute atomic E-state index is 13.0. The third-order valence-electron chi connectivity index (χ3n) is 1.86. The lowest BCUT2D eigenvalue weighted by atomic mass is 10.2. The van der Waals surface area contributed by atoms with Crippen molar-refractivity contribution in [3.63, 3.8) is 0 Å². The van der Waals surface area contributed by atoms with E-state index >= 15 is 0 Å². The highest BCUT2D eigenvalue weighted by atomic mass is 19.2. The zero-order valence-electron chi connectivity index (χ0n) is 8.09. The van der Waals surface area contributed by atoms with E-state index in [-0.39, 0.29) is 6.54 Å². The molecule has 1 aromatic rings. The van der Waals surface area contributed by atoms with Crippen LogP contribution in [0.3, 0.4) is 0 Å². The van der Waals surface area contributed by atoms with Crippen LogP contribution in [0.4, 0.5) is 27.6 Å². The van der Waals surface area contributed by atoms with Crippen molar-refractivity contribution in [3.8, 4) is 0 Å². The van der Waals surface area contributed by atoms with Gasteiger partial charge in [-0.25, -0.2) is 22.0 Å². The molecule has 1 nitrogen and oxygen atoms in total. The lowest BCUT2D eigenvalue weighted by molar-refractivity contribution is 0.381. The molecule has 0 radical (unpaired) electrons. The molecule has 16 heavy (non-hydrogen) atoms. The number of halogens is 5. The molecule has 0 saturated carbocycles. The Morgan fingerprint density at radius 1 is 0.875 bits per heavy atom. The Morgan fingerprint density at radius 2 is 1.31 bits per heavy atom. The number of rotatable bonds is 4. The Hall–Kier alpha value is -1.59. The Labute approximate surface area is 88.6 Å². The second kappa shape index (κ2) is 4.96. The van der Waals surface area contributed by atoms with Gasteiger partial charge in [-0.3, -0.25) is 0 Å². The first-order valence-corrected chi connectivity index (χ1v) is 4.36. The largest absolute Gasteiger partial charge is 0.380 e. The molecule has 0 aliphatic rings. The third-order valence-corrected chi connectivity index (χ3v) is 1.86. The van der Waals surface area contributed by atoms with E-state index in [1.165, 1.54) is 6.08 Å². The molecule has 6 heteroatoms. The average molecular weight is 237 g/mol. The van der Waals surface area contributed by atoms with Crippen molar-refractivity contribution < 1.29 is 22.0 Å². The van der Waals surface area contributed by atoms with E-state index < -0.39 is 34.8 Å². The number of benzene rings is 1. The SMILES string of the molecule is C=CCCNc1c(F)c(F)c(F)c(F)c1F. The molecule has 1 aromatic carbocycles. The summed E-state index contributed by atoms with van der Waals surface area (Å²) in [6.07, 6.45) is 1.78. The second-order valence-electron chi connectivity index (χ2n) is 2.95. The highest BCUT2D eigenvalue weighted by Crippen LogP contribution is 2.26. The predicted octanol–water partition coefficient (Wildman–Crippen LogP) is 3.37. The minimum absolute atomic E-state index is 0.0296. The summed E-state index contributed by atoms with van der Waals surface area (Å²) in [5, 5.41) is 2.12. The molecule has 88 valence electrons. The molecule has 0 aliphatic heterocycles. The van der Waals surface area contributed by atoms with Gasteiger partial charge in [-0.2, -0.15) is 0 Å². The van der Waals surface area contributed by atoms with Crippen molar-refractivity contribution in [2.24, 2.45) is 0 Å². The number of hydrogen-bond donors (Lipinski definition) is 1. The van der Waals surface area contributed by atoms with E-state index in [0.717, 1.165) is 0 Å². The maximum atomic E-state index is 13.0. The normalized spacial score (nSPS) is 10.3. The Balaban J connectivity index is 3.13. The van der Waals surface area contributed by atoms with Gasteiger partial charge in [-0.1, -0.05) is 6.08 Å². The third kappa shape index (κ3) is 2.15. The van der Waals surface area contributed by atoms with E-state index in [0.29, 0.717) is 6.42 Å². The van der Waals surface area contributed by atoms with E-state index in [9.17, 15) is 22.0 Å². The quantitative estimate of drug-likeness (QED) is 0.278. The van der Waals surface area contributed by atoms with Crippen LogP contribution < -0.4 is 5.32 Å². The van der Waals surface area contributed by atoms with Crippen LogP contribution in [0, 0.1) is 29.1 Å². The summed E-state index contributed by atoms with van der Waals surface area (Å²) in [7, 11) is 0. The van der Waals surface area contributed by atoms with Crippen molar-refractivity contribution in [1.82, 2.24) is 0 Å². The van der Waals surface area contributed by atoms with Gasteiger partial charge in [0.25, 0.3) is 0 Å². The van der Waals surface area contributed by atoms with E-state index in [4.69, 9.17) is 0 Å². The number of nitrogens with one attached hydrogen (secondary N) is 1. The average Bonchev–Trinajstić information content (AvgIpc) is 2.28. The second-order valence-corrected chi connectivity index (χ2v) is 2.95. The van der Waals surface area contributed by atoms with Gasteiger partial charge in [-0.15, -0.1) is 6.58 Å². The van der Waals surface area contributed by atoms with E-state index in [2.05, 4.69) is 11.9 Å². The summed E-state index contributed by atoms with van der Waals surface area (Å²) < 4.78 is 64.0. The molecule has 0 aliphatic carbocycles. The van der Waals surface area contributed by atoms with Crippen LogP contribution in [-0.4, -0.2) is 6.54 Å². The molecule has 0 aromatic heterocycles. The van der Waals surface area contributed by atoms with Gasteiger partial charge >= 0.3 is 0 Å². The van der Waals surface area contributed by atoms with Crippen molar-refractivity contribution in [2.75, 3.05) is 11.9 Å². The summed E-state index contributed by atoms with van der Waals surface area (Å²) in [6.45, 7) is 3.38. The molecule has 0 spiro atoms. The molecule has 0 fully saturated rings. The zero-order valence-corrected chi connectivity index (χ0v) is 8.09. The number of anilines is 1. The van der Waals surface area contributed by atoms with Crippen molar-refractivity contribution >= 4 is 5.69 Å². The Kier molecular flexibility index (Phi) is 3.87. The van der Waals surface area contributed by atoms with E-state index in [1.807, 2.05) is 0 Å². The molecule has 0 unspecified atom stereocenters. The van der Waals surface area contributed by atoms with Crippen LogP contribution in [0.15, 0.2) is 12.7 Å².